The molecule has 28 heavy (non-hydrogen) atoms. The van der Waals surface area contributed by atoms with Crippen LogP contribution in [0.25, 0.3) is 11.1 Å². The number of carbonyl (C=O) groups is 2. The highest BCUT2D eigenvalue weighted by molar-refractivity contribution is 6.33. The van der Waals surface area contributed by atoms with Gasteiger partial charge < -0.3 is 9.84 Å². The van der Waals surface area contributed by atoms with Crippen molar-refractivity contribution in [3.8, 4) is 11.1 Å². The maximum atomic E-state index is 12.2. The van der Waals surface area contributed by atoms with Crippen molar-refractivity contribution in [2.75, 3.05) is 11.9 Å². The first-order chi connectivity index (χ1) is 13.5. The molecule has 4 rings (SSSR count). The minimum atomic E-state index is -1.15. The number of ether oxygens (including phenoxy) is 1. The number of halogens is 1. The quantitative estimate of drug-likeness (QED) is 0.663. The molecule has 2 N–H and O–H groups in total. The number of rotatable bonds is 4. The molecule has 0 spiro atoms. The molecule has 1 aliphatic rings. The van der Waals surface area contributed by atoms with Gasteiger partial charge in [-0.25, -0.2) is 14.6 Å². The van der Waals surface area contributed by atoms with Gasteiger partial charge in [0.1, 0.15) is 6.61 Å². The van der Waals surface area contributed by atoms with E-state index >= 15 is 0 Å². The molecule has 3 aromatic rings. The number of carbonyl (C=O) groups excluding carboxylic acids is 1. The molecule has 2 aromatic carbocycles. The first-order valence-corrected chi connectivity index (χ1v) is 8.93. The second kappa shape index (κ2) is 7.32. The smallest absolute Gasteiger partial charge is 0.412 e. The van der Waals surface area contributed by atoms with Crippen LogP contribution in [-0.2, 0) is 4.74 Å². The Labute approximate surface area is 165 Å². The summed E-state index contributed by atoms with van der Waals surface area (Å²) in [6.45, 7) is 0.157. The Kier molecular flexibility index (Phi) is 4.71. The molecule has 1 heterocycles. The van der Waals surface area contributed by atoms with Gasteiger partial charge in [-0.3, -0.25) is 5.32 Å². The average Bonchev–Trinajstić information content (AvgIpc) is 3.02. The minimum Gasteiger partial charge on any atom is -0.478 e. The van der Waals surface area contributed by atoms with Gasteiger partial charge in [0, 0.05) is 12.1 Å². The lowest BCUT2D eigenvalue weighted by atomic mass is 9.98. The van der Waals surface area contributed by atoms with E-state index in [1.807, 2.05) is 36.4 Å². The SMILES string of the molecule is O=C(Nc1ncc(C(=O)O)cc1Cl)OCC1c2ccccc2-c2ccccc21. The van der Waals surface area contributed by atoms with E-state index in [4.69, 9.17) is 21.4 Å². The lowest BCUT2D eigenvalue weighted by Crippen LogP contribution is -2.18. The summed E-state index contributed by atoms with van der Waals surface area (Å²) in [4.78, 5) is 27.0. The van der Waals surface area contributed by atoms with Crippen molar-refractivity contribution >= 4 is 29.5 Å². The monoisotopic (exact) mass is 394 g/mol. The molecule has 0 unspecified atom stereocenters. The normalized spacial score (nSPS) is 12.2. The van der Waals surface area contributed by atoms with E-state index in [9.17, 15) is 9.59 Å². The summed E-state index contributed by atoms with van der Waals surface area (Å²) in [5, 5.41) is 11.4. The molecule has 7 heteroatoms. The molecule has 6 nitrogen and oxygen atoms in total. The topological polar surface area (TPSA) is 88.5 Å². The van der Waals surface area contributed by atoms with Crippen LogP contribution in [0.1, 0.15) is 27.4 Å². The highest BCUT2D eigenvalue weighted by Crippen LogP contribution is 2.44. The van der Waals surface area contributed by atoms with Gasteiger partial charge in [-0.2, -0.15) is 0 Å². The third-order valence-corrected chi connectivity index (χ3v) is 4.94. The van der Waals surface area contributed by atoms with Crippen molar-refractivity contribution < 1.29 is 19.4 Å². The summed E-state index contributed by atoms with van der Waals surface area (Å²) in [7, 11) is 0. The number of hydrogen-bond acceptors (Lipinski definition) is 4. The first-order valence-electron chi connectivity index (χ1n) is 8.55. The molecule has 0 fully saturated rings. The van der Waals surface area contributed by atoms with E-state index in [0.717, 1.165) is 28.5 Å². The van der Waals surface area contributed by atoms with Crippen molar-refractivity contribution in [3.63, 3.8) is 0 Å². The third-order valence-electron chi connectivity index (χ3n) is 4.65. The fourth-order valence-corrected chi connectivity index (χ4v) is 3.59. The van der Waals surface area contributed by atoms with Gasteiger partial charge in [0.05, 0.1) is 10.6 Å². The number of fused-ring (bicyclic) bond motifs is 3. The average molecular weight is 395 g/mol. The number of aromatic carboxylic acids is 1. The molecular weight excluding hydrogens is 380 g/mol. The van der Waals surface area contributed by atoms with Crippen LogP contribution in [0, 0.1) is 0 Å². The van der Waals surface area contributed by atoms with Gasteiger partial charge in [0.2, 0.25) is 0 Å². The van der Waals surface area contributed by atoms with E-state index in [1.54, 1.807) is 0 Å². The van der Waals surface area contributed by atoms with Crippen molar-refractivity contribution in [2.24, 2.45) is 0 Å². The van der Waals surface area contributed by atoms with Crippen LogP contribution in [0.15, 0.2) is 60.8 Å². The molecule has 0 aliphatic heterocycles. The highest BCUT2D eigenvalue weighted by atomic mass is 35.5. The Morgan fingerprint density at radius 2 is 1.68 bits per heavy atom. The zero-order valence-electron chi connectivity index (χ0n) is 14.6. The van der Waals surface area contributed by atoms with Crippen molar-refractivity contribution in [2.45, 2.75) is 5.92 Å². The lowest BCUT2D eigenvalue weighted by Gasteiger charge is -2.14. The maximum Gasteiger partial charge on any atom is 0.412 e. The minimum absolute atomic E-state index is 0.0217. The maximum absolute atomic E-state index is 12.2. The standard InChI is InChI=1S/C21H15ClN2O4/c22-18-9-12(20(25)26)10-23-19(18)24-21(27)28-11-17-15-7-3-1-5-13(15)14-6-2-4-8-16(14)17/h1-10,17H,11H2,(H,25,26)(H,23,24,27). The number of carboxylic acids is 1. The summed E-state index contributed by atoms with van der Waals surface area (Å²) in [5.41, 5.74) is 4.43. The number of hydrogen-bond donors (Lipinski definition) is 2. The summed E-state index contributed by atoms with van der Waals surface area (Å²) >= 11 is 5.98. The predicted molar refractivity (Wildman–Crippen MR) is 105 cm³/mol. The van der Waals surface area contributed by atoms with Gasteiger partial charge in [-0.15, -0.1) is 0 Å². The lowest BCUT2D eigenvalue weighted by molar-refractivity contribution is 0.0696. The van der Waals surface area contributed by atoms with Crippen LogP contribution in [0.5, 0.6) is 0 Å². The summed E-state index contributed by atoms with van der Waals surface area (Å²) in [5.74, 6) is -1.16. The zero-order valence-corrected chi connectivity index (χ0v) is 15.3. The molecule has 1 aromatic heterocycles. The van der Waals surface area contributed by atoms with Crippen LogP contribution >= 0.6 is 11.6 Å². The van der Waals surface area contributed by atoms with Gasteiger partial charge in [0.25, 0.3) is 0 Å². The van der Waals surface area contributed by atoms with E-state index in [0.29, 0.717) is 0 Å². The number of nitrogens with one attached hydrogen (secondary N) is 1. The van der Waals surface area contributed by atoms with Crippen LogP contribution in [0.2, 0.25) is 5.02 Å². The van der Waals surface area contributed by atoms with Gasteiger partial charge in [-0.1, -0.05) is 60.1 Å². The highest BCUT2D eigenvalue weighted by Gasteiger charge is 2.29. The van der Waals surface area contributed by atoms with Crippen LogP contribution in [-0.4, -0.2) is 28.8 Å². The predicted octanol–water partition coefficient (Wildman–Crippen LogP) is 4.79. The van der Waals surface area contributed by atoms with E-state index in [1.165, 1.54) is 6.07 Å². The Bertz CT molecular complexity index is 1040. The van der Waals surface area contributed by atoms with Crippen LogP contribution < -0.4 is 5.32 Å². The number of carboxylic acid groups (broad SMARTS) is 1. The van der Waals surface area contributed by atoms with Crippen LogP contribution in [0.4, 0.5) is 10.6 Å². The molecular formula is C21H15ClN2O4. The second-order valence-electron chi connectivity index (χ2n) is 6.31. The van der Waals surface area contributed by atoms with E-state index in [-0.39, 0.29) is 28.9 Å². The fraction of sp³-hybridized carbons (Fsp3) is 0.0952. The Morgan fingerprint density at radius 3 is 2.25 bits per heavy atom. The zero-order chi connectivity index (χ0) is 19.7. The van der Waals surface area contributed by atoms with Gasteiger partial charge in [-0.05, 0) is 28.3 Å². The Balaban J connectivity index is 1.48. The summed E-state index contributed by atoms with van der Waals surface area (Å²) < 4.78 is 5.41. The Hall–Kier alpha value is -3.38. The molecule has 0 bridgehead atoms. The van der Waals surface area contributed by atoms with Crippen molar-refractivity contribution in [1.29, 1.82) is 0 Å². The molecule has 140 valence electrons. The fourth-order valence-electron chi connectivity index (χ4n) is 3.38. The van der Waals surface area contributed by atoms with E-state index in [2.05, 4.69) is 22.4 Å². The summed E-state index contributed by atoms with van der Waals surface area (Å²) in [6.07, 6.45) is 0.409. The molecule has 1 amide bonds. The number of nitrogens with zero attached hydrogens (tertiary/aromatic N) is 1. The molecule has 0 saturated heterocycles. The number of pyridine rings is 1. The Morgan fingerprint density at radius 1 is 1.07 bits per heavy atom. The van der Waals surface area contributed by atoms with Gasteiger partial charge in [0.15, 0.2) is 5.82 Å². The number of aromatic nitrogens is 1. The largest absolute Gasteiger partial charge is 0.478 e. The number of benzene rings is 2. The molecule has 1 aliphatic carbocycles. The number of amides is 1. The van der Waals surface area contributed by atoms with E-state index < -0.39 is 12.1 Å². The van der Waals surface area contributed by atoms with Crippen molar-refractivity contribution in [1.82, 2.24) is 4.98 Å². The van der Waals surface area contributed by atoms with Crippen LogP contribution in [0.3, 0.4) is 0 Å². The second-order valence-corrected chi connectivity index (χ2v) is 6.72. The van der Waals surface area contributed by atoms with Gasteiger partial charge >= 0.3 is 12.1 Å². The molecule has 0 radical (unpaired) electrons. The third kappa shape index (κ3) is 3.30. The molecule has 0 atom stereocenters. The van der Waals surface area contributed by atoms with Crippen molar-refractivity contribution in [3.05, 3.63) is 82.5 Å². The number of anilines is 1. The summed E-state index contributed by atoms with van der Waals surface area (Å²) in [6, 6.07) is 17.3. The molecule has 0 saturated carbocycles. The first kappa shape index (κ1) is 18.0.